The predicted octanol–water partition coefficient (Wildman–Crippen LogP) is -1.86. The molecule has 4 nitrogen and oxygen atoms in total. The Morgan fingerprint density at radius 3 is 2.36 bits per heavy atom. The smallest absolute Gasteiger partial charge is 0.744 e. The van der Waals surface area contributed by atoms with E-state index in [4.69, 9.17) is 17.3 Å². The van der Waals surface area contributed by atoms with Crippen LogP contribution in [0.25, 0.3) is 0 Å². The minimum atomic E-state index is -4.46. The first kappa shape index (κ1) is 14.2. The maximum atomic E-state index is 10.7. The summed E-state index contributed by atoms with van der Waals surface area (Å²) in [6.45, 7) is 1.48. The Morgan fingerprint density at radius 1 is 1.43 bits per heavy atom. The summed E-state index contributed by atoms with van der Waals surface area (Å²) in [6, 6.07) is 2.42. The second kappa shape index (κ2) is 4.83. The van der Waals surface area contributed by atoms with Crippen LogP contribution in [0.15, 0.2) is 17.0 Å². The molecule has 0 spiro atoms. The monoisotopic (exact) mass is 243 g/mol. The van der Waals surface area contributed by atoms with Crippen LogP contribution < -0.4 is 35.3 Å². The number of nitrogen functional groups attached to an aromatic ring is 1. The third-order valence-electron chi connectivity index (χ3n) is 1.56. The van der Waals surface area contributed by atoms with Gasteiger partial charge in [0.05, 0.1) is 15.6 Å². The molecule has 0 aliphatic rings. The number of hydrogen-bond donors (Lipinski definition) is 1. The number of halogens is 1. The number of anilines is 1. The molecular formula is C7H7ClNNaO3S. The minimum Gasteiger partial charge on any atom is -0.744 e. The Hall–Kier alpha value is 0.220. The van der Waals surface area contributed by atoms with Crippen LogP contribution in [0.2, 0.25) is 5.02 Å². The molecule has 72 valence electrons. The molecule has 0 bridgehead atoms. The van der Waals surface area contributed by atoms with Crippen molar-refractivity contribution in [2.24, 2.45) is 0 Å². The molecule has 0 saturated carbocycles. The standard InChI is InChI=1S/C7H8ClNO3S.Na/c1-4-2-5(8)6(9)3-7(4)13(10,11)12;/h2-3H,9H2,1H3,(H,10,11,12);/q;+1/p-1. The topological polar surface area (TPSA) is 83.2 Å². The molecule has 1 rings (SSSR count). The molecule has 0 heterocycles. The van der Waals surface area contributed by atoms with Crippen LogP contribution in [0.4, 0.5) is 5.69 Å². The van der Waals surface area contributed by atoms with Gasteiger partial charge in [0.1, 0.15) is 10.1 Å². The van der Waals surface area contributed by atoms with Crippen molar-refractivity contribution < 1.29 is 42.5 Å². The van der Waals surface area contributed by atoms with Crippen LogP contribution in [0.3, 0.4) is 0 Å². The molecule has 0 aliphatic heterocycles. The van der Waals surface area contributed by atoms with E-state index in [1.807, 2.05) is 0 Å². The van der Waals surface area contributed by atoms with Crippen molar-refractivity contribution in [1.29, 1.82) is 0 Å². The van der Waals surface area contributed by atoms with Gasteiger partial charge in [-0.1, -0.05) is 11.6 Å². The zero-order chi connectivity index (χ0) is 10.2. The van der Waals surface area contributed by atoms with Gasteiger partial charge in [-0.05, 0) is 24.6 Å². The fourth-order valence-electron chi connectivity index (χ4n) is 0.938. The third kappa shape index (κ3) is 3.12. The molecule has 0 fully saturated rings. The molecule has 0 aliphatic carbocycles. The summed E-state index contributed by atoms with van der Waals surface area (Å²) in [4.78, 5) is -0.325. The van der Waals surface area contributed by atoms with Crippen molar-refractivity contribution in [2.45, 2.75) is 11.8 Å². The van der Waals surface area contributed by atoms with Gasteiger partial charge in [-0.15, -0.1) is 0 Å². The molecule has 0 atom stereocenters. The van der Waals surface area contributed by atoms with Crippen molar-refractivity contribution in [3.05, 3.63) is 22.7 Å². The van der Waals surface area contributed by atoms with Crippen LogP contribution in [0, 0.1) is 6.92 Å². The Kier molecular flexibility index (Phi) is 4.90. The number of benzene rings is 1. The summed E-state index contributed by atoms with van der Waals surface area (Å²) in [7, 11) is -4.46. The van der Waals surface area contributed by atoms with Crippen molar-refractivity contribution in [3.8, 4) is 0 Å². The SMILES string of the molecule is Cc1cc(Cl)c(N)cc1S(=O)(=O)[O-].[Na+]. The average Bonchev–Trinajstić information content (AvgIpc) is 1.94. The summed E-state index contributed by atoms with van der Waals surface area (Å²) < 4.78 is 32.0. The van der Waals surface area contributed by atoms with E-state index in [2.05, 4.69) is 0 Å². The molecule has 1 aromatic rings. The zero-order valence-electron chi connectivity index (χ0n) is 7.74. The van der Waals surface area contributed by atoms with Gasteiger partial charge < -0.3 is 10.3 Å². The van der Waals surface area contributed by atoms with Crippen molar-refractivity contribution >= 4 is 27.4 Å². The quantitative estimate of drug-likeness (QED) is 0.356. The van der Waals surface area contributed by atoms with Gasteiger partial charge in [0.25, 0.3) is 0 Å². The van der Waals surface area contributed by atoms with Crippen molar-refractivity contribution in [1.82, 2.24) is 0 Å². The Labute approximate surface area is 109 Å². The summed E-state index contributed by atoms with van der Waals surface area (Å²) in [5, 5.41) is 0.241. The third-order valence-corrected chi connectivity index (χ3v) is 2.87. The van der Waals surface area contributed by atoms with Crippen LogP contribution in [-0.2, 0) is 10.1 Å². The molecule has 0 amide bonds. The number of aryl methyl sites for hydroxylation is 1. The first-order chi connectivity index (χ1) is 5.82. The van der Waals surface area contributed by atoms with Gasteiger partial charge in [-0.25, -0.2) is 8.42 Å². The molecule has 0 radical (unpaired) electrons. The van der Waals surface area contributed by atoms with E-state index in [0.29, 0.717) is 5.56 Å². The predicted molar refractivity (Wildman–Crippen MR) is 48.6 cm³/mol. The maximum absolute atomic E-state index is 10.7. The van der Waals surface area contributed by atoms with E-state index in [1.165, 1.54) is 13.0 Å². The van der Waals surface area contributed by atoms with Gasteiger partial charge in [0, 0.05) is 0 Å². The van der Waals surface area contributed by atoms with Crippen LogP contribution >= 0.6 is 11.6 Å². The van der Waals surface area contributed by atoms with E-state index < -0.39 is 10.1 Å². The number of rotatable bonds is 1. The van der Waals surface area contributed by atoms with E-state index in [1.54, 1.807) is 0 Å². The van der Waals surface area contributed by atoms with Gasteiger partial charge in [-0.2, -0.15) is 0 Å². The van der Waals surface area contributed by atoms with E-state index in [0.717, 1.165) is 6.07 Å². The second-order valence-electron chi connectivity index (χ2n) is 2.59. The Balaban J connectivity index is 0.00000169. The molecule has 1 aromatic carbocycles. The molecule has 2 N–H and O–H groups in total. The molecule has 0 saturated heterocycles. The van der Waals surface area contributed by atoms with E-state index in [-0.39, 0.29) is 45.2 Å². The minimum absolute atomic E-state index is 0. The summed E-state index contributed by atoms with van der Waals surface area (Å²) in [5.41, 5.74) is 5.74. The summed E-state index contributed by atoms with van der Waals surface area (Å²) in [5.74, 6) is 0. The van der Waals surface area contributed by atoms with Crippen molar-refractivity contribution in [2.75, 3.05) is 5.73 Å². The van der Waals surface area contributed by atoms with E-state index in [9.17, 15) is 13.0 Å². The molecule has 7 heteroatoms. The average molecular weight is 244 g/mol. The first-order valence-corrected chi connectivity index (χ1v) is 5.12. The van der Waals surface area contributed by atoms with Crippen LogP contribution in [0.5, 0.6) is 0 Å². The summed E-state index contributed by atoms with van der Waals surface area (Å²) in [6.07, 6.45) is 0. The molecule has 0 unspecified atom stereocenters. The molecule has 0 aromatic heterocycles. The fourth-order valence-corrected chi connectivity index (χ4v) is 1.88. The largest absolute Gasteiger partial charge is 1.00 e. The van der Waals surface area contributed by atoms with E-state index >= 15 is 0 Å². The Bertz CT molecular complexity index is 446. The van der Waals surface area contributed by atoms with Gasteiger partial charge in [-0.3, -0.25) is 0 Å². The van der Waals surface area contributed by atoms with Gasteiger partial charge >= 0.3 is 29.6 Å². The maximum Gasteiger partial charge on any atom is 1.00 e. The Morgan fingerprint density at radius 2 is 1.93 bits per heavy atom. The first-order valence-electron chi connectivity index (χ1n) is 3.34. The van der Waals surface area contributed by atoms with Crippen molar-refractivity contribution in [3.63, 3.8) is 0 Å². The number of hydrogen-bond acceptors (Lipinski definition) is 4. The fraction of sp³-hybridized carbons (Fsp3) is 0.143. The number of nitrogens with two attached hydrogens (primary N) is 1. The molecular weight excluding hydrogens is 237 g/mol. The van der Waals surface area contributed by atoms with Crippen LogP contribution in [0.1, 0.15) is 5.56 Å². The summed E-state index contributed by atoms with van der Waals surface area (Å²) >= 11 is 5.61. The zero-order valence-corrected chi connectivity index (χ0v) is 11.3. The molecule has 14 heavy (non-hydrogen) atoms. The second-order valence-corrected chi connectivity index (χ2v) is 4.35. The van der Waals surface area contributed by atoms with Gasteiger partial charge in [0.15, 0.2) is 0 Å². The normalized spacial score (nSPS) is 10.8. The van der Waals surface area contributed by atoms with Gasteiger partial charge in [0.2, 0.25) is 0 Å². The van der Waals surface area contributed by atoms with Crippen LogP contribution in [-0.4, -0.2) is 13.0 Å².